The fourth-order valence-electron chi connectivity index (χ4n) is 0.453. The number of rotatable bonds is 6. The molecule has 0 spiro atoms. The lowest BCUT2D eigenvalue weighted by Crippen LogP contribution is -2.20. The van der Waals surface area contributed by atoms with Crippen LogP contribution >= 0.6 is 0 Å². The maximum atomic E-state index is 11.6. The molecule has 6 heteroatoms. The van der Waals surface area contributed by atoms with Crippen molar-refractivity contribution in [3.63, 3.8) is 0 Å². The summed E-state index contributed by atoms with van der Waals surface area (Å²) in [6, 6.07) is 0. The van der Waals surface area contributed by atoms with Crippen molar-refractivity contribution in [1.29, 1.82) is 0 Å². The van der Waals surface area contributed by atoms with Gasteiger partial charge in [0.25, 0.3) is 10.1 Å². The van der Waals surface area contributed by atoms with Gasteiger partial charge in [-0.05, 0) is 6.42 Å². The van der Waals surface area contributed by atoms with E-state index in [1.807, 2.05) is 0 Å². The molecule has 74 valence electrons. The monoisotopic (exact) mass is 200 g/mol. The predicted octanol–water partition coefficient (Wildman–Crippen LogP) is 0.0732. The first kappa shape index (κ1) is 11.8. The average molecular weight is 200 g/mol. The highest BCUT2D eigenvalue weighted by atomic mass is 32.2. The van der Waals surface area contributed by atoms with E-state index in [1.165, 1.54) is 0 Å². The Balaban J connectivity index is 3.76. The molecule has 0 aliphatic heterocycles. The van der Waals surface area contributed by atoms with Gasteiger partial charge in [0.05, 0.1) is 12.7 Å². The summed E-state index contributed by atoms with van der Waals surface area (Å²) in [4.78, 5) is 0. The van der Waals surface area contributed by atoms with Gasteiger partial charge in [0.1, 0.15) is 12.4 Å². The Hall–Kier alpha value is -0.200. The van der Waals surface area contributed by atoms with Gasteiger partial charge in [0, 0.05) is 0 Å². The van der Waals surface area contributed by atoms with Crippen LogP contribution in [0.1, 0.15) is 13.3 Å². The minimum absolute atomic E-state index is 0.293. The summed E-state index contributed by atoms with van der Waals surface area (Å²) in [5, 5.41) is 8.91. The molecule has 4 nitrogen and oxygen atoms in total. The lowest BCUT2D eigenvalue weighted by molar-refractivity contribution is 0.107. The van der Waals surface area contributed by atoms with Crippen molar-refractivity contribution in [1.82, 2.24) is 0 Å². The summed E-state index contributed by atoms with van der Waals surface area (Å²) in [7, 11) is -3.77. The van der Waals surface area contributed by atoms with E-state index in [4.69, 9.17) is 5.11 Å². The molecule has 0 heterocycles. The van der Waals surface area contributed by atoms with Gasteiger partial charge in [-0.3, -0.25) is 4.18 Å². The summed E-state index contributed by atoms with van der Waals surface area (Å²) < 4.78 is 37.2. The first-order valence-corrected chi connectivity index (χ1v) is 5.20. The molecule has 0 aliphatic rings. The van der Waals surface area contributed by atoms with Crippen LogP contribution in [0.5, 0.6) is 0 Å². The number of halogens is 1. The molecule has 0 aliphatic carbocycles. The Bertz CT molecular complexity index is 202. The number of hydrogen-bond donors (Lipinski definition) is 1. The van der Waals surface area contributed by atoms with E-state index in [1.54, 1.807) is 6.92 Å². The highest BCUT2D eigenvalue weighted by molar-refractivity contribution is 7.86. The second-order valence-electron chi connectivity index (χ2n) is 2.30. The molecule has 1 atom stereocenters. The lowest BCUT2D eigenvalue weighted by atomic mass is 10.3. The molecule has 0 fully saturated rings. The summed E-state index contributed by atoms with van der Waals surface area (Å²) in [6.07, 6.45) is -0.398. The predicted molar refractivity (Wildman–Crippen MR) is 42.0 cm³/mol. The van der Waals surface area contributed by atoms with Gasteiger partial charge in [-0.1, -0.05) is 6.92 Å². The van der Waals surface area contributed by atoms with Gasteiger partial charge in [0.2, 0.25) is 0 Å². The van der Waals surface area contributed by atoms with E-state index >= 15 is 0 Å². The van der Waals surface area contributed by atoms with Crippen LogP contribution in [0.4, 0.5) is 4.39 Å². The Morgan fingerprint density at radius 1 is 1.58 bits per heavy atom. The van der Waals surface area contributed by atoms with Crippen molar-refractivity contribution >= 4 is 10.1 Å². The molecule has 1 N–H and O–H groups in total. The molecule has 0 rings (SSSR count). The number of aliphatic hydroxyl groups excluding tert-OH is 1. The summed E-state index contributed by atoms with van der Waals surface area (Å²) >= 11 is 0. The highest BCUT2D eigenvalue weighted by Crippen LogP contribution is 1.98. The molecule has 0 aromatic rings. The zero-order valence-corrected chi connectivity index (χ0v) is 7.68. The fourth-order valence-corrected chi connectivity index (χ4v) is 1.12. The van der Waals surface area contributed by atoms with Gasteiger partial charge in [0.15, 0.2) is 0 Å². The zero-order valence-electron chi connectivity index (χ0n) is 6.86. The van der Waals surface area contributed by atoms with Crippen molar-refractivity contribution in [3.8, 4) is 0 Å². The molecular weight excluding hydrogens is 187 g/mol. The fraction of sp³-hybridized carbons (Fsp3) is 1.00. The van der Waals surface area contributed by atoms with Gasteiger partial charge < -0.3 is 5.11 Å². The molecule has 0 radical (unpaired) electrons. The molecule has 0 aromatic carbocycles. The van der Waals surface area contributed by atoms with Gasteiger partial charge in [-0.2, -0.15) is 8.42 Å². The molecule has 1 unspecified atom stereocenters. The second kappa shape index (κ2) is 5.45. The molecule has 0 bridgehead atoms. The maximum absolute atomic E-state index is 11.6. The highest BCUT2D eigenvalue weighted by Gasteiger charge is 2.12. The minimum atomic E-state index is -3.77. The largest absolute Gasteiger partial charge is 0.391 e. The second-order valence-corrected chi connectivity index (χ2v) is 4.06. The van der Waals surface area contributed by atoms with Gasteiger partial charge in [-0.25, -0.2) is 4.39 Å². The van der Waals surface area contributed by atoms with E-state index < -0.39 is 28.6 Å². The Labute approximate surface area is 71.5 Å². The Morgan fingerprint density at radius 2 is 2.17 bits per heavy atom. The van der Waals surface area contributed by atoms with Crippen molar-refractivity contribution in [2.75, 3.05) is 19.0 Å². The van der Waals surface area contributed by atoms with Crippen LogP contribution in [0.25, 0.3) is 0 Å². The smallest absolute Gasteiger partial charge is 0.269 e. The topological polar surface area (TPSA) is 63.6 Å². The van der Waals surface area contributed by atoms with Crippen LogP contribution in [-0.2, 0) is 14.3 Å². The lowest BCUT2D eigenvalue weighted by Gasteiger charge is -2.07. The van der Waals surface area contributed by atoms with E-state index in [-0.39, 0.29) is 6.61 Å². The van der Waals surface area contributed by atoms with Crippen molar-refractivity contribution < 1.29 is 22.1 Å². The van der Waals surface area contributed by atoms with E-state index in [0.29, 0.717) is 6.42 Å². The van der Waals surface area contributed by atoms with E-state index in [0.717, 1.165) is 0 Å². The summed E-state index contributed by atoms with van der Waals surface area (Å²) in [5.74, 6) is -0.649. The average Bonchev–Trinajstić information content (AvgIpc) is 2.00. The van der Waals surface area contributed by atoms with Gasteiger partial charge in [-0.15, -0.1) is 0 Å². The molecule has 0 saturated heterocycles. The molecule has 12 heavy (non-hydrogen) atoms. The summed E-state index contributed by atoms with van der Waals surface area (Å²) in [6.45, 7) is 0.430. The van der Waals surface area contributed by atoms with E-state index in [9.17, 15) is 12.8 Å². The summed E-state index contributed by atoms with van der Waals surface area (Å²) in [5.41, 5.74) is 0. The standard InChI is InChI=1S/C6H13FO4S/c1-2-6(8)5-11-12(9,10)4-3-7/h6,8H,2-5H2,1H3. The SMILES string of the molecule is CCC(O)COS(=O)(=O)CCF. The van der Waals surface area contributed by atoms with Crippen LogP contribution in [0.3, 0.4) is 0 Å². The molecule has 0 amide bonds. The molecular formula is C6H13FO4S. The van der Waals surface area contributed by atoms with Crippen molar-refractivity contribution in [3.05, 3.63) is 0 Å². The number of alkyl halides is 1. The normalized spacial score (nSPS) is 14.6. The molecule has 0 aromatic heterocycles. The van der Waals surface area contributed by atoms with Gasteiger partial charge >= 0.3 is 0 Å². The molecule has 0 saturated carbocycles. The van der Waals surface area contributed by atoms with E-state index in [2.05, 4.69) is 4.18 Å². The van der Waals surface area contributed by atoms with Crippen molar-refractivity contribution in [2.45, 2.75) is 19.4 Å². The van der Waals surface area contributed by atoms with Crippen LogP contribution < -0.4 is 0 Å². The quantitative estimate of drug-likeness (QED) is 0.616. The third-order valence-electron chi connectivity index (χ3n) is 1.24. The Morgan fingerprint density at radius 3 is 2.58 bits per heavy atom. The first-order valence-electron chi connectivity index (χ1n) is 3.63. The zero-order chi connectivity index (χ0) is 9.61. The van der Waals surface area contributed by atoms with Crippen molar-refractivity contribution in [2.24, 2.45) is 0 Å². The Kier molecular flexibility index (Phi) is 5.36. The van der Waals surface area contributed by atoms with Crippen LogP contribution in [-0.4, -0.2) is 38.7 Å². The third kappa shape index (κ3) is 5.45. The van der Waals surface area contributed by atoms with Crippen LogP contribution in [0.2, 0.25) is 0 Å². The first-order chi connectivity index (χ1) is 5.52. The minimum Gasteiger partial charge on any atom is -0.391 e. The third-order valence-corrected chi connectivity index (χ3v) is 2.39. The number of aliphatic hydroxyl groups is 1. The van der Waals surface area contributed by atoms with Crippen LogP contribution in [0, 0.1) is 0 Å². The maximum Gasteiger partial charge on any atom is 0.269 e. The number of hydrogen-bond acceptors (Lipinski definition) is 4. The van der Waals surface area contributed by atoms with Crippen LogP contribution in [0.15, 0.2) is 0 Å².